The summed E-state index contributed by atoms with van der Waals surface area (Å²) in [6, 6.07) is 9.23. The Balaban J connectivity index is 1.44. The predicted octanol–water partition coefficient (Wildman–Crippen LogP) is 3.24. The Morgan fingerprint density at radius 3 is 2.68 bits per heavy atom. The van der Waals surface area contributed by atoms with Gasteiger partial charge in [-0.1, -0.05) is 12.1 Å². The average molecular weight is 373 g/mol. The summed E-state index contributed by atoms with van der Waals surface area (Å²) in [6.45, 7) is 2.35. The van der Waals surface area contributed by atoms with Gasteiger partial charge < -0.3 is 11.1 Å². The van der Waals surface area contributed by atoms with Crippen LogP contribution in [0.5, 0.6) is 0 Å². The molecule has 6 nitrogen and oxygen atoms in total. The highest BCUT2D eigenvalue weighted by Gasteiger charge is 2.16. The number of hydrogen-bond donors (Lipinski definition) is 2. The van der Waals surface area contributed by atoms with E-state index < -0.39 is 0 Å². The second-order valence-corrected chi connectivity index (χ2v) is 7.08. The summed E-state index contributed by atoms with van der Waals surface area (Å²) < 4.78 is 0. The number of fused-ring (bicyclic) bond motifs is 1. The number of nitrogens with one attached hydrogen (secondary N) is 1. The first-order chi connectivity index (χ1) is 13.6. The van der Waals surface area contributed by atoms with Crippen LogP contribution in [-0.4, -0.2) is 20.9 Å². The van der Waals surface area contributed by atoms with E-state index in [1.165, 1.54) is 18.4 Å². The molecule has 0 bridgehead atoms. The fraction of sp³-hybridized carbons (Fsp3) is 0.273. The van der Waals surface area contributed by atoms with Crippen molar-refractivity contribution in [3.8, 4) is 11.1 Å². The van der Waals surface area contributed by atoms with Crippen molar-refractivity contribution in [2.75, 3.05) is 5.73 Å². The van der Waals surface area contributed by atoms with Gasteiger partial charge in [-0.05, 0) is 61.9 Å². The van der Waals surface area contributed by atoms with Gasteiger partial charge in [-0.3, -0.25) is 9.78 Å². The van der Waals surface area contributed by atoms with Gasteiger partial charge in [0.1, 0.15) is 5.82 Å². The third kappa shape index (κ3) is 3.71. The average Bonchev–Trinajstić information content (AvgIpc) is 2.73. The monoisotopic (exact) mass is 373 g/mol. The highest BCUT2D eigenvalue weighted by Crippen LogP contribution is 2.25. The van der Waals surface area contributed by atoms with Crippen molar-refractivity contribution in [2.24, 2.45) is 0 Å². The minimum absolute atomic E-state index is 0.145. The summed E-state index contributed by atoms with van der Waals surface area (Å²) in [7, 11) is 0. The van der Waals surface area contributed by atoms with Crippen LogP contribution in [0, 0.1) is 6.92 Å². The summed E-state index contributed by atoms with van der Waals surface area (Å²) in [5.74, 6) is 0.529. The van der Waals surface area contributed by atoms with E-state index >= 15 is 0 Å². The lowest BCUT2D eigenvalue weighted by Gasteiger charge is -2.17. The number of aromatic nitrogens is 3. The third-order valence-corrected chi connectivity index (χ3v) is 5.15. The summed E-state index contributed by atoms with van der Waals surface area (Å²) in [5, 5.41) is 2.92. The molecule has 3 N–H and O–H groups in total. The summed E-state index contributed by atoms with van der Waals surface area (Å²) in [6.07, 6.45) is 7.75. The Labute approximate surface area is 164 Å². The van der Waals surface area contributed by atoms with Crippen molar-refractivity contribution in [1.29, 1.82) is 0 Å². The van der Waals surface area contributed by atoms with Crippen LogP contribution in [0.1, 0.15) is 46.0 Å². The number of benzene rings is 1. The molecule has 0 spiro atoms. The third-order valence-electron chi connectivity index (χ3n) is 5.15. The Morgan fingerprint density at radius 1 is 1.11 bits per heavy atom. The molecule has 0 saturated heterocycles. The molecule has 1 aliphatic carbocycles. The van der Waals surface area contributed by atoms with Crippen molar-refractivity contribution in [2.45, 2.75) is 39.2 Å². The van der Waals surface area contributed by atoms with Crippen LogP contribution >= 0.6 is 0 Å². The van der Waals surface area contributed by atoms with Gasteiger partial charge in [0.2, 0.25) is 0 Å². The van der Waals surface area contributed by atoms with E-state index in [0.717, 1.165) is 35.4 Å². The lowest BCUT2D eigenvalue weighted by atomic mass is 9.95. The van der Waals surface area contributed by atoms with Crippen LogP contribution in [0.2, 0.25) is 0 Å². The molecule has 0 saturated carbocycles. The van der Waals surface area contributed by atoms with E-state index in [-0.39, 0.29) is 5.91 Å². The number of rotatable bonds is 4. The highest BCUT2D eigenvalue weighted by atomic mass is 16.1. The van der Waals surface area contributed by atoms with Crippen molar-refractivity contribution in [1.82, 2.24) is 20.3 Å². The van der Waals surface area contributed by atoms with Crippen LogP contribution in [0.25, 0.3) is 11.1 Å². The van der Waals surface area contributed by atoms with Crippen LogP contribution in [-0.2, 0) is 19.4 Å². The minimum Gasteiger partial charge on any atom is -0.397 e. The second-order valence-electron chi connectivity index (χ2n) is 7.08. The van der Waals surface area contributed by atoms with Gasteiger partial charge in [-0.25, -0.2) is 9.97 Å². The molecule has 1 amide bonds. The van der Waals surface area contributed by atoms with Gasteiger partial charge in [-0.15, -0.1) is 0 Å². The van der Waals surface area contributed by atoms with Crippen LogP contribution in [0.3, 0.4) is 0 Å². The maximum Gasteiger partial charge on any atom is 0.251 e. The molecule has 142 valence electrons. The standard InChI is InChI=1S/C22H23N5O/c1-14-17-4-2-3-5-20(17)27-21(26-14)13-25-22(28)16-8-6-15(7-9-16)18-10-11-24-12-19(18)23/h6-12H,2-5,13,23H2,1H3,(H,25,28). The molecule has 0 atom stereocenters. The van der Waals surface area contributed by atoms with E-state index in [1.807, 2.05) is 25.1 Å². The molecule has 1 aliphatic rings. The molecular weight excluding hydrogens is 350 g/mol. The molecule has 1 aromatic carbocycles. The zero-order valence-corrected chi connectivity index (χ0v) is 15.9. The molecular formula is C22H23N5O. The first-order valence-electron chi connectivity index (χ1n) is 9.55. The lowest BCUT2D eigenvalue weighted by Crippen LogP contribution is -2.25. The first-order valence-corrected chi connectivity index (χ1v) is 9.55. The molecule has 0 fully saturated rings. The number of aryl methyl sites for hydroxylation is 2. The number of nitrogen functional groups attached to an aromatic ring is 1. The molecule has 3 aromatic rings. The lowest BCUT2D eigenvalue weighted by molar-refractivity contribution is 0.0950. The number of nitrogens with two attached hydrogens (primary N) is 1. The summed E-state index contributed by atoms with van der Waals surface area (Å²) in [4.78, 5) is 25.7. The summed E-state index contributed by atoms with van der Waals surface area (Å²) in [5.41, 5.74) is 12.5. The number of carbonyl (C=O) groups excluding carboxylic acids is 1. The predicted molar refractivity (Wildman–Crippen MR) is 109 cm³/mol. The van der Waals surface area contributed by atoms with Crippen LogP contribution in [0.4, 0.5) is 5.69 Å². The Morgan fingerprint density at radius 2 is 1.89 bits per heavy atom. The van der Waals surface area contributed by atoms with Gasteiger partial charge in [0.05, 0.1) is 18.4 Å². The molecule has 28 heavy (non-hydrogen) atoms. The van der Waals surface area contributed by atoms with E-state index in [0.29, 0.717) is 23.6 Å². The second kappa shape index (κ2) is 7.76. The van der Waals surface area contributed by atoms with Gasteiger partial charge in [-0.2, -0.15) is 0 Å². The van der Waals surface area contributed by atoms with E-state index in [9.17, 15) is 4.79 Å². The summed E-state index contributed by atoms with van der Waals surface area (Å²) >= 11 is 0. The fourth-order valence-corrected chi connectivity index (χ4v) is 3.66. The number of hydrogen-bond acceptors (Lipinski definition) is 5. The molecule has 4 rings (SSSR count). The quantitative estimate of drug-likeness (QED) is 0.732. The molecule has 2 aromatic heterocycles. The molecule has 0 radical (unpaired) electrons. The van der Waals surface area contributed by atoms with Gasteiger partial charge >= 0.3 is 0 Å². The Bertz CT molecular complexity index is 1010. The van der Waals surface area contributed by atoms with Crippen molar-refractivity contribution in [3.63, 3.8) is 0 Å². The molecule has 6 heteroatoms. The minimum atomic E-state index is -0.145. The van der Waals surface area contributed by atoms with E-state index in [1.54, 1.807) is 24.5 Å². The number of anilines is 1. The first kappa shape index (κ1) is 18.1. The normalized spacial score (nSPS) is 13.0. The van der Waals surface area contributed by atoms with Crippen molar-refractivity contribution >= 4 is 11.6 Å². The number of nitrogens with zero attached hydrogens (tertiary/aromatic N) is 3. The Kier molecular flexibility index (Phi) is 5.02. The maximum atomic E-state index is 12.5. The van der Waals surface area contributed by atoms with E-state index in [2.05, 4.69) is 20.3 Å². The Hall–Kier alpha value is -3.28. The maximum absolute atomic E-state index is 12.5. The van der Waals surface area contributed by atoms with Crippen molar-refractivity contribution < 1.29 is 4.79 Å². The number of pyridine rings is 1. The fourth-order valence-electron chi connectivity index (χ4n) is 3.66. The van der Waals surface area contributed by atoms with Crippen LogP contribution < -0.4 is 11.1 Å². The van der Waals surface area contributed by atoms with Gasteiger partial charge in [0, 0.05) is 28.7 Å². The zero-order valence-electron chi connectivity index (χ0n) is 15.9. The van der Waals surface area contributed by atoms with Gasteiger partial charge in [0.25, 0.3) is 5.91 Å². The largest absolute Gasteiger partial charge is 0.397 e. The van der Waals surface area contributed by atoms with Crippen molar-refractivity contribution in [3.05, 3.63) is 71.1 Å². The highest BCUT2D eigenvalue weighted by molar-refractivity contribution is 5.94. The topological polar surface area (TPSA) is 93.8 Å². The van der Waals surface area contributed by atoms with Gasteiger partial charge in [0.15, 0.2) is 0 Å². The smallest absolute Gasteiger partial charge is 0.251 e. The number of amides is 1. The molecule has 0 unspecified atom stereocenters. The molecule has 2 heterocycles. The van der Waals surface area contributed by atoms with Crippen LogP contribution in [0.15, 0.2) is 42.7 Å². The SMILES string of the molecule is Cc1nc(CNC(=O)c2ccc(-c3ccncc3N)cc2)nc2c1CCCC2. The molecule has 0 aliphatic heterocycles. The van der Waals surface area contributed by atoms with E-state index in [4.69, 9.17) is 5.73 Å². The zero-order chi connectivity index (χ0) is 19.5. The number of carbonyl (C=O) groups is 1.